The highest BCUT2D eigenvalue weighted by atomic mass is 32.2. The van der Waals surface area contributed by atoms with Crippen LogP contribution in [0.5, 0.6) is 6.01 Å². The van der Waals surface area contributed by atoms with Gasteiger partial charge in [-0.05, 0) is 31.5 Å². The predicted molar refractivity (Wildman–Crippen MR) is 85.4 cm³/mol. The van der Waals surface area contributed by atoms with Gasteiger partial charge in [0, 0.05) is 17.6 Å². The van der Waals surface area contributed by atoms with E-state index in [9.17, 15) is 0 Å². The van der Waals surface area contributed by atoms with Gasteiger partial charge in [0.25, 0.3) is 0 Å². The fraction of sp³-hybridized carbons (Fsp3) is 0.538. The van der Waals surface area contributed by atoms with Gasteiger partial charge in [0.05, 0.1) is 6.61 Å². The number of anilines is 1. The lowest BCUT2D eigenvalue weighted by Gasteiger charge is -2.07. The number of aryl methyl sites for hydroxylation is 1. The molecule has 0 unspecified atom stereocenters. The molecule has 0 radical (unpaired) electrons. The summed E-state index contributed by atoms with van der Waals surface area (Å²) in [6, 6.07) is 0.362. The average molecular weight is 325 g/mol. The monoisotopic (exact) mass is 325 g/mol. The van der Waals surface area contributed by atoms with Gasteiger partial charge in [0.2, 0.25) is 11.1 Å². The number of ether oxygens (including phenoxy) is 1. The maximum absolute atomic E-state index is 5.53. The Labute approximate surface area is 132 Å². The highest BCUT2D eigenvalue weighted by molar-refractivity contribution is 8.00. The molecule has 114 valence electrons. The van der Waals surface area contributed by atoms with Crippen LogP contribution in [0.15, 0.2) is 14.9 Å². The average Bonchev–Trinajstić information content (AvgIpc) is 2.88. The third-order valence-electron chi connectivity index (χ3n) is 2.34. The van der Waals surface area contributed by atoms with E-state index in [2.05, 4.69) is 32.2 Å². The van der Waals surface area contributed by atoms with Crippen LogP contribution in [0.4, 0.5) is 5.95 Å². The molecule has 0 amide bonds. The topological polar surface area (TPSA) is 72.8 Å². The minimum atomic E-state index is 0.362. The van der Waals surface area contributed by atoms with Crippen LogP contribution in [0.2, 0.25) is 0 Å². The van der Waals surface area contributed by atoms with Crippen LogP contribution in [-0.2, 0) is 0 Å². The number of aromatic nitrogens is 4. The zero-order valence-corrected chi connectivity index (χ0v) is 14.1. The smallest absolute Gasteiger partial charge is 0.322 e. The van der Waals surface area contributed by atoms with Gasteiger partial charge in [-0.15, -0.1) is 11.3 Å². The molecule has 0 aliphatic rings. The van der Waals surface area contributed by atoms with Crippen molar-refractivity contribution in [3.63, 3.8) is 0 Å². The minimum absolute atomic E-state index is 0.362. The second-order valence-corrected chi connectivity index (χ2v) is 6.43. The normalized spacial score (nSPS) is 10.6. The number of thiazole rings is 1. The Morgan fingerprint density at radius 2 is 2.05 bits per heavy atom. The molecule has 0 saturated carbocycles. The van der Waals surface area contributed by atoms with Crippen LogP contribution in [0, 0.1) is 6.92 Å². The Morgan fingerprint density at radius 1 is 1.19 bits per heavy atom. The molecular formula is C13H19N5OS2. The van der Waals surface area contributed by atoms with Crippen LogP contribution >= 0.6 is 23.1 Å². The zero-order valence-electron chi connectivity index (χ0n) is 12.4. The Hall–Kier alpha value is -1.41. The van der Waals surface area contributed by atoms with Gasteiger partial charge in [0.15, 0.2) is 4.34 Å². The second-order valence-electron chi connectivity index (χ2n) is 4.36. The summed E-state index contributed by atoms with van der Waals surface area (Å²) in [6.45, 7) is 7.52. The Kier molecular flexibility index (Phi) is 6.19. The lowest BCUT2D eigenvalue weighted by atomic mass is 10.5. The van der Waals surface area contributed by atoms with Gasteiger partial charge in [-0.1, -0.05) is 13.8 Å². The van der Waals surface area contributed by atoms with E-state index in [1.807, 2.05) is 19.2 Å². The summed E-state index contributed by atoms with van der Waals surface area (Å²) >= 11 is 3.01. The molecule has 0 bridgehead atoms. The molecule has 0 atom stereocenters. The van der Waals surface area contributed by atoms with E-state index >= 15 is 0 Å². The fourth-order valence-electron chi connectivity index (χ4n) is 1.41. The largest absolute Gasteiger partial charge is 0.463 e. The molecule has 0 spiro atoms. The van der Waals surface area contributed by atoms with Crippen molar-refractivity contribution in [3.8, 4) is 6.01 Å². The maximum Gasteiger partial charge on any atom is 0.322 e. The van der Waals surface area contributed by atoms with Gasteiger partial charge in [-0.2, -0.15) is 15.0 Å². The quantitative estimate of drug-likeness (QED) is 0.797. The molecule has 0 fully saturated rings. The standard InChI is InChI=1S/C13H19N5OS2/c1-4-6-14-10-16-11(19-7-5-2)18-12(17-10)21-13-15-9(3)8-20-13/h8H,4-7H2,1-3H3,(H,14,16,17,18). The van der Waals surface area contributed by atoms with Crippen molar-refractivity contribution in [2.45, 2.75) is 43.1 Å². The maximum atomic E-state index is 5.53. The molecule has 0 saturated heterocycles. The first kappa shape index (κ1) is 16.0. The molecule has 0 aliphatic heterocycles. The molecule has 6 nitrogen and oxygen atoms in total. The van der Waals surface area contributed by atoms with Crippen LogP contribution in [0.3, 0.4) is 0 Å². The van der Waals surface area contributed by atoms with E-state index in [4.69, 9.17) is 4.74 Å². The Balaban J connectivity index is 2.16. The molecule has 1 N–H and O–H groups in total. The van der Waals surface area contributed by atoms with Gasteiger partial charge < -0.3 is 10.1 Å². The zero-order chi connectivity index (χ0) is 15.1. The fourth-order valence-corrected chi connectivity index (χ4v) is 3.10. The Morgan fingerprint density at radius 3 is 2.71 bits per heavy atom. The lowest BCUT2D eigenvalue weighted by Crippen LogP contribution is -2.08. The van der Waals surface area contributed by atoms with Gasteiger partial charge >= 0.3 is 6.01 Å². The van der Waals surface area contributed by atoms with Crippen LogP contribution < -0.4 is 10.1 Å². The van der Waals surface area contributed by atoms with E-state index in [-0.39, 0.29) is 0 Å². The Bertz CT molecular complexity index is 549. The molecular weight excluding hydrogens is 306 g/mol. The molecule has 2 heterocycles. The van der Waals surface area contributed by atoms with Crippen LogP contribution in [-0.4, -0.2) is 33.1 Å². The predicted octanol–water partition coefficient (Wildman–Crippen LogP) is 3.40. The van der Waals surface area contributed by atoms with Gasteiger partial charge in [-0.3, -0.25) is 0 Å². The van der Waals surface area contributed by atoms with E-state index in [0.717, 1.165) is 29.4 Å². The highest BCUT2D eigenvalue weighted by Crippen LogP contribution is 2.29. The first-order valence-electron chi connectivity index (χ1n) is 6.94. The van der Waals surface area contributed by atoms with E-state index in [1.165, 1.54) is 11.8 Å². The van der Waals surface area contributed by atoms with Crippen LogP contribution in [0.25, 0.3) is 0 Å². The SMILES string of the molecule is CCCNc1nc(OCCC)nc(Sc2nc(C)cs2)n1. The summed E-state index contributed by atoms with van der Waals surface area (Å²) in [5, 5.41) is 5.78. The third-order valence-corrected chi connectivity index (χ3v) is 4.26. The van der Waals surface area contributed by atoms with E-state index in [1.54, 1.807) is 11.3 Å². The number of hydrogen-bond acceptors (Lipinski definition) is 8. The van der Waals surface area contributed by atoms with Gasteiger partial charge in [0.1, 0.15) is 0 Å². The van der Waals surface area contributed by atoms with Crippen molar-refractivity contribution in [3.05, 3.63) is 11.1 Å². The molecule has 21 heavy (non-hydrogen) atoms. The lowest BCUT2D eigenvalue weighted by molar-refractivity contribution is 0.288. The summed E-state index contributed by atoms with van der Waals surface area (Å²) in [7, 11) is 0. The summed E-state index contributed by atoms with van der Waals surface area (Å²) < 4.78 is 6.44. The van der Waals surface area contributed by atoms with Gasteiger partial charge in [-0.25, -0.2) is 4.98 Å². The summed E-state index contributed by atoms with van der Waals surface area (Å²) in [6.07, 6.45) is 1.92. The molecule has 0 aliphatic carbocycles. The van der Waals surface area contributed by atoms with Crippen molar-refractivity contribution in [2.75, 3.05) is 18.5 Å². The third kappa shape index (κ3) is 5.13. The molecule has 2 aromatic heterocycles. The summed E-state index contributed by atoms with van der Waals surface area (Å²) in [5.41, 5.74) is 1.00. The van der Waals surface area contributed by atoms with Crippen molar-refractivity contribution >= 4 is 29.0 Å². The first-order valence-corrected chi connectivity index (χ1v) is 8.63. The summed E-state index contributed by atoms with van der Waals surface area (Å²) in [4.78, 5) is 17.4. The molecule has 8 heteroatoms. The van der Waals surface area contributed by atoms with Crippen molar-refractivity contribution in [1.82, 2.24) is 19.9 Å². The van der Waals surface area contributed by atoms with Crippen molar-refractivity contribution < 1.29 is 4.74 Å². The summed E-state index contributed by atoms with van der Waals surface area (Å²) in [5.74, 6) is 0.550. The van der Waals surface area contributed by atoms with E-state index in [0.29, 0.717) is 23.7 Å². The molecule has 0 aromatic carbocycles. The number of nitrogens with zero attached hydrogens (tertiary/aromatic N) is 4. The highest BCUT2D eigenvalue weighted by Gasteiger charge is 2.10. The van der Waals surface area contributed by atoms with Crippen molar-refractivity contribution in [1.29, 1.82) is 0 Å². The number of nitrogens with one attached hydrogen (secondary N) is 1. The second kappa shape index (κ2) is 8.14. The van der Waals surface area contributed by atoms with Crippen LogP contribution in [0.1, 0.15) is 32.4 Å². The van der Waals surface area contributed by atoms with E-state index < -0.39 is 0 Å². The molecule has 2 aromatic rings. The number of rotatable bonds is 8. The molecule has 2 rings (SSSR count). The first-order chi connectivity index (χ1) is 10.2. The minimum Gasteiger partial charge on any atom is -0.463 e. The number of hydrogen-bond donors (Lipinski definition) is 1. The van der Waals surface area contributed by atoms with Crippen molar-refractivity contribution in [2.24, 2.45) is 0 Å².